The van der Waals surface area contributed by atoms with Crippen molar-refractivity contribution in [2.75, 3.05) is 45.2 Å². The Hall–Kier alpha value is -2.51. The molecule has 7 nitrogen and oxygen atoms in total. The van der Waals surface area contributed by atoms with E-state index in [0.29, 0.717) is 36.6 Å². The van der Waals surface area contributed by atoms with Gasteiger partial charge in [0.15, 0.2) is 0 Å². The van der Waals surface area contributed by atoms with Crippen molar-refractivity contribution in [1.29, 1.82) is 0 Å². The zero-order chi connectivity index (χ0) is 23.2. The summed E-state index contributed by atoms with van der Waals surface area (Å²) in [5.41, 5.74) is 3.31. The van der Waals surface area contributed by atoms with E-state index in [1.165, 1.54) is 45.2 Å². The minimum absolute atomic E-state index is 0.0602. The van der Waals surface area contributed by atoms with Gasteiger partial charge in [-0.15, -0.1) is 0 Å². The molecule has 1 amide bonds. The number of carbonyl (C=O) groups is 1. The molecule has 2 fully saturated rings. The second-order valence-corrected chi connectivity index (χ2v) is 9.43. The normalized spacial score (nSPS) is 20.8. The lowest BCUT2D eigenvalue weighted by Crippen LogP contribution is -2.52. The fraction of sp³-hybridized carbons (Fsp3) is 0.577. The Kier molecular flexibility index (Phi) is 7.93. The Morgan fingerprint density at radius 1 is 1.12 bits per heavy atom. The molecule has 2 aromatic rings. The van der Waals surface area contributed by atoms with Crippen LogP contribution in [0.25, 0.3) is 0 Å². The maximum Gasteiger partial charge on any atom is 0.254 e. The maximum absolute atomic E-state index is 13.6. The van der Waals surface area contributed by atoms with E-state index in [-0.39, 0.29) is 5.91 Å². The molecule has 1 aromatic carbocycles. The minimum Gasteiger partial charge on any atom is -0.383 e. The number of amides is 1. The first-order valence-electron chi connectivity index (χ1n) is 12.2. The summed E-state index contributed by atoms with van der Waals surface area (Å²) in [5.74, 6) is 1.14. The number of aromatic nitrogens is 2. The molecule has 2 atom stereocenters. The first-order valence-corrected chi connectivity index (χ1v) is 12.2. The Bertz CT molecular complexity index is 928. The van der Waals surface area contributed by atoms with Crippen LogP contribution < -0.4 is 5.32 Å². The lowest BCUT2D eigenvalue weighted by molar-refractivity contribution is 0.0315. The van der Waals surface area contributed by atoms with E-state index >= 15 is 0 Å². The van der Waals surface area contributed by atoms with Gasteiger partial charge in [-0.2, -0.15) is 0 Å². The van der Waals surface area contributed by atoms with Crippen LogP contribution in [0.4, 0.5) is 11.6 Å². The summed E-state index contributed by atoms with van der Waals surface area (Å²) < 4.78 is 5.35. The number of benzene rings is 1. The van der Waals surface area contributed by atoms with Gasteiger partial charge in [-0.25, -0.2) is 9.97 Å². The van der Waals surface area contributed by atoms with Crippen molar-refractivity contribution in [2.45, 2.75) is 52.0 Å². The molecular weight excluding hydrogens is 414 g/mol. The van der Waals surface area contributed by atoms with Gasteiger partial charge in [-0.3, -0.25) is 4.79 Å². The van der Waals surface area contributed by atoms with Crippen LogP contribution in [0.5, 0.6) is 0 Å². The van der Waals surface area contributed by atoms with Crippen molar-refractivity contribution in [3.63, 3.8) is 0 Å². The first-order chi connectivity index (χ1) is 16.0. The fourth-order valence-corrected chi connectivity index (χ4v) is 5.37. The highest BCUT2D eigenvalue weighted by molar-refractivity contribution is 5.95. The van der Waals surface area contributed by atoms with E-state index in [4.69, 9.17) is 4.74 Å². The highest BCUT2D eigenvalue weighted by Gasteiger charge is 2.34. The van der Waals surface area contributed by atoms with Gasteiger partial charge < -0.3 is 19.9 Å². The van der Waals surface area contributed by atoms with Crippen LogP contribution in [0.1, 0.15) is 53.8 Å². The third kappa shape index (κ3) is 6.09. The van der Waals surface area contributed by atoms with Gasteiger partial charge in [0.1, 0.15) is 0 Å². The number of fused-ring (bicyclic) bond motifs is 1. The van der Waals surface area contributed by atoms with Crippen LogP contribution in [0, 0.1) is 19.8 Å². The summed E-state index contributed by atoms with van der Waals surface area (Å²) in [6, 6.07) is 10.2. The van der Waals surface area contributed by atoms with Crippen molar-refractivity contribution in [3.8, 4) is 0 Å². The molecule has 2 unspecified atom stereocenters. The molecule has 2 aliphatic rings. The number of hydrogen-bond donors (Lipinski definition) is 1. The van der Waals surface area contributed by atoms with Gasteiger partial charge in [-0.1, -0.05) is 12.5 Å². The van der Waals surface area contributed by atoms with Crippen molar-refractivity contribution in [3.05, 3.63) is 47.3 Å². The second-order valence-electron chi connectivity index (χ2n) is 9.43. The van der Waals surface area contributed by atoms with E-state index in [1.807, 2.05) is 49.1 Å². The molecule has 0 bridgehead atoms. The smallest absolute Gasteiger partial charge is 0.254 e. The molecule has 33 heavy (non-hydrogen) atoms. The summed E-state index contributed by atoms with van der Waals surface area (Å²) in [5, 5.41) is 3.26. The van der Waals surface area contributed by atoms with Crippen molar-refractivity contribution in [2.24, 2.45) is 5.92 Å². The summed E-state index contributed by atoms with van der Waals surface area (Å²) in [7, 11) is 1.69. The van der Waals surface area contributed by atoms with Crippen LogP contribution in [0.15, 0.2) is 30.3 Å². The maximum atomic E-state index is 13.6. The topological polar surface area (TPSA) is 70.6 Å². The largest absolute Gasteiger partial charge is 0.383 e. The number of methoxy groups -OCH3 is 1. The molecular formula is C26H37N5O2. The van der Waals surface area contributed by atoms with Crippen LogP contribution in [-0.2, 0) is 4.74 Å². The summed E-state index contributed by atoms with van der Waals surface area (Å²) in [6.45, 7) is 8.26. The van der Waals surface area contributed by atoms with Crippen molar-refractivity contribution in [1.82, 2.24) is 19.8 Å². The molecule has 0 saturated carbocycles. The van der Waals surface area contributed by atoms with Gasteiger partial charge >= 0.3 is 0 Å². The van der Waals surface area contributed by atoms with Gasteiger partial charge in [0, 0.05) is 48.9 Å². The molecule has 3 heterocycles. The highest BCUT2D eigenvalue weighted by Crippen LogP contribution is 2.31. The number of ether oxygens (including phenoxy) is 1. The molecule has 2 saturated heterocycles. The molecule has 2 aliphatic heterocycles. The van der Waals surface area contributed by atoms with Crippen LogP contribution in [-0.4, -0.2) is 71.6 Å². The van der Waals surface area contributed by atoms with Crippen molar-refractivity contribution < 1.29 is 9.53 Å². The molecule has 4 rings (SSSR count). The minimum atomic E-state index is 0.0602. The number of carbonyl (C=O) groups excluding carboxylic acids is 1. The van der Waals surface area contributed by atoms with Crippen LogP contribution in [0.2, 0.25) is 0 Å². The number of anilines is 2. The molecule has 1 aromatic heterocycles. The number of nitrogens with one attached hydrogen (secondary N) is 1. The number of nitrogens with zero attached hydrogens (tertiary/aromatic N) is 4. The molecule has 1 N–H and O–H groups in total. The number of aryl methyl sites for hydroxylation is 2. The van der Waals surface area contributed by atoms with Gasteiger partial charge in [-0.05, 0) is 82.8 Å². The lowest BCUT2D eigenvalue weighted by Gasteiger charge is -2.45. The predicted octanol–water partition coefficient (Wildman–Crippen LogP) is 4.19. The molecule has 0 spiro atoms. The number of rotatable bonds is 8. The van der Waals surface area contributed by atoms with E-state index in [0.717, 1.165) is 23.6 Å². The van der Waals surface area contributed by atoms with Gasteiger partial charge in [0.25, 0.3) is 5.91 Å². The number of piperidine rings is 2. The van der Waals surface area contributed by atoms with Crippen LogP contribution in [0.3, 0.4) is 0 Å². The molecule has 0 radical (unpaired) electrons. The Balaban J connectivity index is 1.49. The second kappa shape index (κ2) is 11.1. The summed E-state index contributed by atoms with van der Waals surface area (Å²) in [6.07, 6.45) is 6.29. The highest BCUT2D eigenvalue weighted by atomic mass is 16.5. The quantitative estimate of drug-likeness (QED) is 0.649. The summed E-state index contributed by atoms with van der Waals surface area (Å²) in [4.78, 5) is 27.2. The Morgan fingerprint density at radius 3 is 2.70 bits per heavy atom. The molecule has 0 aliphatic carbocycles. The lowest BCUT2D eigenvalue weighted by atomic mass is 9.83. The van der Waals surface area contributed by atoms with Crippen molar-refractivity contribution >= 4 is 17.5 Å². The van der Waals surface area contributed by atoms with E-state index in [2.05, 4.69) is 20.2 Å². The van der Waals surface area contributed by atoms with Crippen LogP contribution >= 0.6 is 0 Å². The first kappa shape index (κ1) is 23.6. The van der Waals surface area contributed by atoms with E-state index in [9.17, 15) is 4.79 Å². The average molecular weight is 452 g/mol. The van der Waals surface area contributed by atoms with Gasteiger partial charge in [0.2, 0.25) is 5.95 Å². The standard InChI is InChI=1S/C26H37N5O2/c1-19-16-20(2)28-26(27-19)29-23-10-6-8-21(17-23)25(32)31(14-15-33-3)18-22-9-7-13-30-12-5-4-11-24(22)30/h6,8,10,16-17,22,24H,4-5,7,9,11-15,18H2,1-3H3,(H,27,28,29). The van der Waals surface area contributed by atoms with E-state index in [1.54, 1.807) is 7.11 Å². The zero-order valence-electron chi connectivity index (χ0n) is 20.2. The van der Waals surface area contributed by atoms with Gasteiger partial charge in [0.05, 0.1) is 6.61 Å². The third-order valence-electron chi connectivity index (χ3n) is 6.88. The molecule has 178 valence electrons. The molecule has 7 heteroatoms. The average Bonchev–Trinajstić information content (AvgIpc) is 2.81. The predicted molar refractivity (Wildman–Crippen MR) is 131 cm³/mol. The third-order valence-corrected chi connectivity index (χ3v) is 6.88. The SMILES string of the molecule is COCCN(CC1CCCN2CCCCC12)C(=O)c1cccc(Nc2nc(C)cc(C)n2)c1. The monoisotopic (exact) mass is 451 g/mol. The van der Waals surface area contributed by atoms with E-state index < -0.39 is 0 Å². The summed E-state index contributed by atoms with van der Waals surface area (Å²) >= 11 is 0. The fourth-order valence-electron chi connectivity index (χ4n) is 5.37. The Morgan fingerprint density at radius 2 is 1.91 bits per heavy atom. The Labute approximate surface area is 197 Å². The zero-order valence-corrected chi connectivity index (χ0v) is 20.2. The number of hydrogen-bond acceptors (Lipinski definition) is 6.